The maximum atomic E-state index is 12.8. The van der Waals surface area contributed by atoms with E-state index in [1.54, 1.807) is 0 Å². The largest absolute Gasteiger partial charge is 0.344 e. The fraction of sp³-hybridized carbons (Fsp3) is 0.875. The van der Waals surface area contributed by atoms with Gasteiger partial charge < -0.3 is 15.5 Å². The van der Waals surface area contributed by atoms with Gasteiger partial charge in [0.25, 0.3) is 0 Å². The number of carbonyl (C=O) groups is 2. The Morgan fingerprint density at radius 2 is 1.73 bits per heavy atom. The summed E-state index contributed by atoms with van der Waals surface area (Å²) in [6.45, 7) is 4.19. The number of nitrogens with zero attached hydrogens (tertiary/aromatic N) is 1. The topological polar surface area (TPSA) is 61.4 Å². The average molecular weight is 332 g/mol. The van der Waals surface area contributed by atoms with Crippen LogP contribution in [0, 0.1) is 11.8 Å². The smallest absolute Gasteiger partial charge is 0.245 e. The van der Waals surface area contributed by atoms with E-state index in [0.717, 1.165) is 45.3 Å². The highest BCUT2D eigenvalue weighted by atomic mass is 35.5. The predicted octanol–water partition coefficient (Wildman–Crippen LogP) is 1.56. The number of amides is 2. The molecule has 0 spiro atoms. The zero-order valence-corrected chi connectivity index (χ0v) is 14.6. The van der Waals surface area contributed by atoms with Gasteiger partial charge in [-0.2, -0.15) is 0 Å². The molecular weight excluding hydrogens is 302 g/mol. The van der Waals surface area contributed by atoms with Gasteiger partial charge in [0.15, 0.2) is 0 Å². The molecule has 0 aromatic rings. The Labute approximate surface area is 140 Å². The van der Waals surface area contributed by atoms with Crippen molar-refractivity contribution in [2.75, 3.05) is 26.7 Å². The minimum atomic E-state index is -0.300. The van der Waals surface area contributed by atoms with Crippen molar-refractivity contribution in [3.63, 3.8) is 0 Å². The normalized spacial score (nSPS) is 21.3. The van der Waals surface area contributed by atoms with E-state index in [9.17, 15) is 9.59 Å². The maximum absolute atomic E-state index is 12.8. The van der Waals surface area contributed by atoms with Crippen molar-refractivity contribution >= 4 is 24.2 Å². The van der Waals surface area contributed by atoms with Crippen LogP contribution in [-0.4, -0.2) is 49.4 Å². The van der Waals surface area contributed by atoms with Crippen molar-refractivity contribution in [2.24, 2.45) is 11.8 Å². The number of halogens is 1. The van der Waals surface area contributed by atoms with Gasteiger partial charge in [-0.05, 0) is 51.1 Å². The third-order valence-electron chi connectivity index (χ3n) is 4.92. The van der Waals surface area contributed by atoms with Crippen LogP contribution in [0.3, 0.4) is 0 Å². The molecule has 1 saturated heterocycles. The van der Waals surface area contributed by atoms with E-state index in [2.05, 4.69) is 10.6 Å². The predicted molar refractivity (Wildman–Crippen MR) is 90.0 cm³/mol. The highest BCUT2D eigenvalue weighted by Crippen LogP contribution is 2.29. The van der Waals surface area contributed by atoms with Gasteiger partial charge in [-0.25, -0.2) is 0 Å². The molecule has 128 valence electrons. The lowest BCUT2D eigenvalue weighted by Gasteiger charge is -2.35. The van der Waals surface area contributed by atoms with Crippen LogP contribution in [0.1, 0.15) is 45.4 Å². The Hall–Kier alpha value is -0.810. The van der Waals surface area contributed by atoms with Gasteiger partial charge in [0.05, 0.1) is 0 Å². The zero-order valence-electron chi connectivity index (χ0n) is 13.8. The lowest BCUT2D eigenvalue weighted by molar-refractivity contribution is -0.138. The monoisotopic (exact) mass is 331 g/mol. The second-order valence-corrected chi connectivity index (χ2v) is 6.55. The number of hydrogen-bond acceptors (Lipinski definition) is 3. The molecule has 2 fully saturated rings. The summed E-state index contributed by atoms with van der Waals surface area (Å²) in [5, 5.41) is 6.13. The number of rotatable bonds is 5. The minimum Gasteiger partial charge on any atom is -0.344 e. The van der Waals surface area contributed by atoms with Gasteiger partial charge >= 0.3 is 0 Å². The molecule has 6 heteroatoms. The van der Waals surface area contributed by atoms with Crippen LogP contribution in [0.4, 0.5) is 0 Å². The number of nitrogens with one attached hydrogen (secondary N) is 2. The van der Waals surface area contributed by atoms with Crippen molar-refractivity contribution in [1.29, 1.82) is 0 Å². The molecule has 1 aliphatic carbocycles. The van der Waals surface area contributed by atoms with E-state index in [4.69, 9.17) is 0 Å². The Balaban J connectivity index is 0.00000242. The summed E-state index contributed by atoms with van der Waals surface area (Å²) in [5.41, 5.74) is 0. The summed E-state index contributed by atoms with van der Waals surface area (Å²) in [6, 6.07) is -0.300. The molecule has 0 aromatic carbocycles. The number of carbonyl (C=O) groups excluding carboxylic acids is 2. The molecule has 0 bridgehead atoms. The van der Waals surface area contributed by atoms with E-state index >= 15 is 0 Å². The quantitative estimate of drug-likeness (QED) is 0.803. The first-order valence-electron chi connectivity index (χ1n) is 8.32. The lowest BCUT2D eigenvalue weighted by atomic mass is 9.93. The summed E-state index contributed by atoms with van der Waals surface area (Å²) in [4.78, 5) is 26.2. The van der Waals surface area contributed by atoms with Crippen molar-refractivity contribution in [2.45, 2.75) is 51.5 Å². The first-order valence-corrected chi connectivity index (χ1v) is 8.32. The first kappa shape index (κ1) is 19.2. The number of likely N-dealkylation sites (tertiary alicyclic amines) is 1. The van der Waals surface area contributed by atoms with E-state index in [0.29, 0.717) is 11.8 Å². The van der Waals surface area contributed by atoms with Crippen LogP contribution in [0.25, 0.3) is 0 Å². The molecule has 1 saturated carbocycles. The highest BCUT2D eigenvalue weighted by molar-refractivity contribution is 5.87. The van der Waals surface area contributed by atoms with Crippen LogP contribution in [0.5, 0.6) is 0 Å². The first-order chi connectivity index (χ1) is 10.1. The fourth-order valence-corrected chi connectivity index (χ4v) is 3.73. The molecular formula is C16H30ClN3O2. The summed E-state index contributed by atoms with van der Waals surface area (Å²) in [6.07, 6.45) is 6.60. The van der Waals surface area contributed by atoms with Gasteiger partial charge in [0, 0.05) is 20.0 Å². The molecule has 1 unspecified atom stereocenters. The molecule has 0 radical (unpaired) electrons. The van der Waals surface area contributed by atoms with Crippen LogP contribution in [0.2, 0.25) is 0 Å². The SMILES string of the molecule is CNCC1CCN(C(=O)C(NC(C)=O)C2CCCC2)CC1.Cl. The number of piperidine rings is 1. The van der Waals surface area contributed by atoms with E-state index < -0.39 is 0 Å². The van der Waals surface area contributed by atoms with Crippen molar-refractivity contribution in [1.82, 2.24) is 15.5 Å². The van der Waals surface area contributed by atoms with Crippen molar-refractivity contribution < 1.29 is 9.59 Å². The summed E-state index contributed by atoms with van der Waals surface area (Å²) in [7, 11) is 1.98. The average Bonchev–Trinajstić information content (AvgIpc) is 2.99. The van der Waals surface area contributed by atoms with Crippen LogP contribution in [0.15, 0.2) is 0 Å². The Bertz CT molecular complexity index is 364. The summed E-state index contributed by atoms with van der Waals surface area (Å²) in [5.74, 6) is 1.05. The van der Waals surface area contributed by atoms with Crippen molar-refractivity contribution in [3.05, 3.63) is 0 Å². The molecule has 2 amide bonds. The molecule has 1 aliphatic heterocycles. The second-order valence-electron chi connectivity index (χ2n) is 6.55. The maximum Gasteiger partial charge on any atom is 0.245 e. The number of hydrogen-bond donors (Lipinski definition) is 2. The minimum absolute atomic E-state index is 0. The third kappa shape index (κ3) is 5.13. The molecule has 2 rings (SSSR count). The standard InChI is InChI=1S/C16H29N3O2.ClH/c1-12(20)18-15(14-5-3-4-6-14)16(21)19-9-7-13(8-10-19)11-17-2;/h13-15,17H,3-11H2,1-2H3,(H,18,20);1H. The molecule has 1 heterocycles. The van der Waals surface area contributed by atoms with E-state index in [1.165, 1.54) is 19.8 Å². The highest BCUT2D eigenvalue weighted by Gasteiger charge is 2.35. The Morgan fingerprint density at radius 3 is 2.23 bits per heavy atom. The van der Waals surface area contributed by atoms with Crippen LogP contribution < -0.4 is 10.6 Å². The van der Waals surface area contributed by atoms with Crippen LogP contribution >= 0.6 is 12.4 Å². The molecule has 2 N–H and O–H groups in total. The van der Waals surface area contributed by atoms with Gasteiger partial charge in [-0.15, -0.1) is 12.4 Å². The zero-order chi connectivity index (χ0) is 15.2. The second kappa shape index (κ2) is 9.36. The van der Waals surface area contributed by atoms with Crippen molar-refractivity contribution in [3.8, 4) is 0 Å². The fourth-order valence-electron chi connectivity index (χ4n) is 3.73. The van der Waals surface area contributed by atoms with Gasteiger partial charge in [0.2, 0.25) is 11.8 Å². The van der Waals surface area contributed by atoms with Gasteiger partial charge in [-0.1, -0.05) is 12.8 Å². The van der Waals surface area contributed by atoms with E-state index in [1.807, 2.05) is 11.9 Å². The Morgan fingerprint density at radius 1 is 1.14 bits per heavy atom. The summed E-state index contributed by atoms with van der Waals surface area (Å²) < 4.78 is 0. The third-order valence-corrected chi connectivity index (χ3v) is 4.92. The molecule has 22 heavy (non-hydrogen) atoms. The van der Waals surface area contributed by atoms with E-state index in [-0.39, 0.29) is 30.3 Å². The lowest BCUT2D eigenvalue weighted by Crippen LogP contribution is -2.53. The summed E-state index contributed by atoms with van der Waals surface area (Å²) >= 11 is 0. The molecule has 5 nitrogen and oxygen atoms in total. The van der Waals surface area contributed by atoms with Crippen LogP contribution in [-0.2, 0) is 9.59 Å². The molecule has 2 aliphatic rings. The van der Waals surface area contributed by atoms with Gasteiger partial charge in [0.1, 0.15) is 6.04 Å². The molecule has 0 aromatic heterocycles. The van der Waals surface area contributed by atoms with Gasteiger partial charge in [-0.3, -0.25) is 9.59 Å². The molecule has 1 atom stereocenters. The Kier molecular flexibility index (Phi) is 8.18.